The Kier molecular flexibility index (Phi) is 6.30. The Hall–Kier alpha value is -3.11. The SMILES string of the molecule is COc1cccc(C2(c3ccc(C(=O)N4CCc5ccccc5C4)cc3)CCCN(CC3CC3)C2)c1. The third-order valence-electron chi connectivity index (χ3n) is 8.51. The van der Waals surface area contributed by atoms with Crippen molar-refractivity contribution in [1.82, 2.24) is 9.80 Å². The van der Waals surface area contributed by atoms with Crippen LogP contribution in [0, 0.1) is 5.92 Å². The Morgan fingerprint density at radius 3 is 2.53 bits per heavy atom. The van der Waals surface area contributed by atoms with Gasteiger partial charge in [0, 0.05) is 37.2 Å². The summed E-state index contributed by atoms with van der Waals surface area (Å²) in [6.07, 6.45) is 5.96. The van der Waals surface area contributed by atoms with Gasteiger partial charge in [-0.15, -0.1) is 0 Å². The molecule has 3 aromatic carbocycles. The number of ether oxygens (including phenoxy) is 1. The maximum atomic E-state index is 13.4. The second-order valence-electron chi connectivity index (χ2n) is 10.9. The van der Waals surface area contributed by atoms with Gasteiger partial charge in [-0.3, -0.25) is 4.79 Å². The van der Waals surface area contributed by atoms with E-state index in [0.29, 0.717) is 6.54 Å². The number of methoxy groups -OCH3 is 1. The van der Waals surface area contributed by atoms with Crippen LogP contribution in [0.3, 0.4) is 0 Å². The van der Waals surface area contributed by atoms with E-state index in [1.165, 1.54) is 54.6 Å². The maximum Gasteiger partial charge on any atom is 0.254 e. The minimum atomic E-state index is -0.0900. The molecule has 36 heavy (non-hydrogen) atoms. The maximum absolute atomic E-state index is 13.4. The van der Waals surface area contributed by atoms with Crippen molar-refractivity contribution in [1.29, 1.82) is 0 Å². The highest BCUT2D eigenvalue weighted by molar-refractivity contribution is 5.94. The fourth-order valence-electron chi connectivity index (χ4n) is 6.31. The molecule has 0 spiro atoms. The van der Waals surface area contributed by atoms with E-state index in [4.69, 9.17) is 4.74 Å². The van der Waals surface area contributed by atoms with Gasteiger partial charge >= 0.3 is 0 Å². The number of piperidine rings is 1. The Morgan fingerprint density at radius 2 is 1.75 bits per heavy atom. The predicted octanol–water partition coefficient (Wildman–Crippen LogP) is 5.69. The molecule has 1 amide bonds. The van der Waals surface area contributed by atoms with Crippen LogP contribution in [0.1, 0.15) is 58.3 Å². The highest BCUT2D eigenvalue weighted by atomic mass is 16.5. The van der Waals surface area contributed by atoms with Gasteiger partial charge in [-0.05, 0) is 91.1 Å². The van der Waals surface area contributed by atoms with Gasteiger partial charge in [0.15, 0.2) is 0 Å². The Balaban J connectivity index is 1.29. The minimum Gasteiger partial charge on any atom is -0.497 e. The molecule has 186 valence electrons. The van der Waals surface area contributed by atoms with E-state index in [2.05, 4.69) is 71.6 Å². The van der Waals surface area contributed by atoms with Crippen LogP contribution in [0.4, 0.5) is 0 Å². The van der Waals surface area contributed by atoms with E-state index < -0.39 is 0 Å². The summed E-state index contributed by atoms with van der Waals surface area (Å²) in [5.74, 6) is 1.91. The Bertz CT molecular complexity index is 1230. The van der Waals surface area contributed by atoms with Crippen molar-refractivity contribution in [2.45, 2.75) is 44.1 Å². The van der Waals surface area contributed by atoms with E-state index >= 15 is 0 Å². The number of carbonyl (C=O) groups excluding carboxylic acids is 1. The van der Waals surface area contributed by atoms with Gasteiger partial charge in [0.2, 0.25) is 0 Å². The van der Waals surface area contributed by atoms with Gasteiger partial charge in [-0.25, -0.2) is 0 Å². The Morgan fingerprint density at radius 1 is 0.944 bits per heavy atom. The van der Waals surface area contributed by atoms with Crippen molar-refractivity contribution in [3.63, 3.8) is 0 Å². The molecule has 1 atom stereocenters. The molecule has 3 aromatic rings. The first-order valence-electron chi connectivity index (χ1n) is 13.5. The number of hydrogen-bond acceptors (Lipinski definition) is 3. The number of benzene rings is 3. The quantitative estimate of drug-likeness (QED) is 0.455. The zero-order valence-corrected chi connectivity index (χ0v) is 21.3. The lowest BCUT2D eigenvalue weighted by atomic mass is 9.69. The zero-order chi connectivity index (χ0) is 24.5. The predicted molar refractivity (Wildman–Crippen MR) is 144 cm³/mol. The van der Waals surface area contributed by atoms with Crippen molar-refractivity contribution in [2.75, 3.05) is 33.3 Å². The fourth-order valence-corrected chi connectivity index (χ4v) is 6.31. The fraction of sp³-hybridized carbons (Fsp3) is 0.406. The van der Waals surface area contributed by atoms with E-state index in [9.17, 15) is 4.79 Å². The van der Waals surface area contributed by atoms with Gasteiger partial charge in [0.1, 0.15) is 5.75 Å². The van der Waals surface area contributed by atoms with Crippen molar-refractivity contribution in [3.8, 4) is 5.75 Å². The molecule has 0 radical (unpaired) electrons. The second kappa shape index (κ2) is 9.74. The lowest BCUT2D eigenvalue weighted by Crippen LogP contribution is -2.47. The van der Waals surface area contributed by atoms with Crippen LogP contribution < -0.4 is 4.74 Å². The standard InChI is InChI=1S/C32H36N2O2/c1-36-30-9-4-8-29(20-30)32(17-5-18-33(23-32)21-24-10-11-24)28-14-12-26(13-15-28)31(35)34-19-16-25-6-2-3-7-27(25)22-34/h2-4,6-9,12-15,20,24H,5,10-11,16-19,21-23H2,1H3. The van der Waals surface area contributed by atoms with E-state index in [0.717, 1.165) is 43.2 Å². The summed E-state index contributed by atoms with van der Waals surface area (Å²) in [5.41, 5.74) is 5.94. The molecule has 1 saturated heterocycles. The highest BCUT2D eigenvalue weighted by Crippen LogP contribution is 2.43. The van der Waals surface area contributed by atoms with Gasteiger partial charge in [0.05, 0.1) is 7.11 Å². The van der Waals surface area contributed by atoms with Crippen molar-refractivity contribution in [3.05, 3.63) is 101 Å². The summed E-state index contributed by atoms with van der Waals surface area (Å²) in [4.78, 5) is 18.1. The smallest absolute Gasteiger partial charge is 0.254 e. The molecule has 4 nitrogen and oxygen atoms in total. The molecule has 1 aliphatic carbocycles. The second-order valence-corrected chi connectivity index (χ2v) is 10.9. The first-order chi connectivity index (χ1) is 17.6. The van der Waals surface area contributed by atoms with E-state index in [-0.39, 0.29) is 11.3 Å². The normalized spacial score (nSPS) is 22.2. The average molecular weight is 481 g/mol. The molecule has 0 aromatic heterocycles. The van der Waals surface area contributed by atoms with Gasteiger partial charge < -0.3 is 14.5 Å². The molecule has 1 unspecified atom stereocenters. The summed E-state index contributed by atoms with van der Waals surface area (Å²) in [6.45, 7) is 4.88. The molecule has 0 bridgehead atoms. The molecule has 3 aliphatic rings. The van der Waals surface area contributed by atoms with Crippen LogP contribution in [-0.2, 0) is 18.4 Å². The summed E-state index contributed by atoms with van der Waals surface area (Å²) >= 11 is 0. The number of nitrogens with zero attached hydrogens (tertiary/aromatic N) is 2. The van der Waals surface area contributed by atoms with Crippen LogP contribution in [0.25, 0.3) is 0 Å². The number of rotatable bonds is 6. The van der Waals surface area contributed by atoms with Crippen LogP contribution in [0.15, 0.2) is 72.8 Å². The van der Waals surface area contributed by atoms with Crippen LogP contribution in [0.5, 0.6) is 5.75 Å². The molecule has 4 heteroatoms. The summed E-state index contributed by atoms with van der Waals surface area (Å²) in [6, 6.07) is 25.6. The van der Waals surface area contributed by atoms with Crippen LogP contribution >= 0.6 is 0 Å². The monoisotopic (exact) mass is 480 g/mol. The lowest BCUT2D eigenvalue weighted by molar-refractivity contribution is 0.0734. The average Bonchev–Trinajstić information content (AvgIpc) is 3.76. The van der Waals surface area contributed by atoms with E-state index in [1.807, 2.05) is 11.0 Å². The first-order valence-corrected chi connectivity index (χ1v) is 13.5. The highest BCUT2D eigenvalue weighted by Gasteiger charge is 2.40. The molecule has 0 N–H and O–H groups in total. The number of carbonyl (C=O) groups is 1. The molecule has 2 aliphatic heterocycles. The first kappa shape index (κ1) is 23.3. The molecular weight excluding hydrogens is 444 g/mol. The summed E-state index contributed by atoms with van der Waals surface area (Å²) < 4.78 is 5.61. The number of fused-ring (bicyclic) bond motifs is 1. The Labute approximate surface area is 214 Å². The zero-order valence-electron chi connectivity index (χ0n) is 21.3. The van der Waals surface area contributed by atoms with Gasteiger partial charge in [-0.2, -0.15) is 0 Å². The van der Waals surface area contributed by atoms with Crippen LogP contribution in [-0.4, -0.2) is 49.0 Å². The van der Waals surface area contributed by atoms with E-state index in [1.54, 1.807) is 7.11 Å². The third-order valence-corrected chi connectivity index (χ3v) is 8.51. The largest absolute Gasteiger partial charge is 0.497 e. The topological polar surface area (TPSA) is 32.8 Å². The van der Waals surface area contributed by atoms with Gasteiger partial charge in [-0.1, -0.05) is 48.5 Å². The molecule has 2 heterocycles. The van der Waals surface area contributed by atoms with Crippen LogP contribution in [0.2, 0.25) is 0 Å². The number of hydrogen-bond donors (Lipinski definition) is 0. The van der Waals surface area contributed by atoms with Crippen molar-refractivity contribution >= 4 is 5.91 Å². The molecule has 6 rings (SSSR count). The number of amides is 1. The van der Waals surface area contributed by atoms with Crippen molar-refractivity contribution in [2.24, 2.45) is 5.92 Å². The minimum absolute atomic E-state index is 0.0900. The van der Waals surface area contributed by atoms with Crippen molar-refractivity contribution < 1.29 is 9.53 Å². The molecule has 2 fully saturated rings. The summed E-state index contributed by atoms with van der Waals surface area (Å²) in [7, 11) is 1.74. The summed E-state index contributed by atoms with van der Waals surface area (Å²) in [5, 5.41) is 0. The molecular formula is C32H36N2O2. The number of likely N-dealkylation sites (tertiary alicyclic amines) is 1. The third kappa shape index (κ3) is 4.55. The van der Waals surface area contributed by atoms with Gasteiger partial charge in [0.25, 0.3) is 5.91 Å². The lowest BCUT2D eigenvalue weighted by Gasteiger charge is -2.44. The molecule has 1 saturated carbocycles.